The molecule has 0 bridgehead atoms. The van der Waals surface area contributed by atoms with E-state index >= 15 is 0 Å². The van der Waals surface area contributed by atoms with Gasteiger partial charge in [0.2, 0.25) is 0 Å². The van der Waals surface area contributed by atoms with E-state index in [-0.39, 0.29) is 17.5 Å². The Balaban J connectivity index is 2.77. The van der Waals surface area contributed by atoms with Crippen LogP contribution in [0.2, 0.25) is 0 Å². The standard InChI is InChI=1S/C10H14F2N2O/c1-6(15-2)5-14-10-8(11)3-7(13)4-9(10)12/h3-4,6,14H,5,13H2,1-2H3. The van der Waals surface area contributed by atoms with Crippen LogP contribution in [0.5, 0.6) is 0 Å². The first-order valence-electron chi connectivity index (χ1n) is 4.55. The number of hydrogen-bond donors (Lipinski definition) is 2. The second kappa shape index (κ2) is 4.93. The molecule has 0 aliphatic carbocycles. The van der Waals surface area contributed by atoms with Crippen LogP contribution < -0.4 is 11.1 Å². The van der Waals surface area contributed by atoms with E-state index in [0.717, 1.165) is 12.1 Å². The lowest BCUT2D eigenvalue weighted by atomic mass is 10.2. The molecule has 0 radical (unpaired) electrons. The zero-order chi connectivity index (χ0) is 11.4. The Morgan fingerprint density at radius 2 is 1.93 bits per heavy atom. The highest BCUT2D eigenvalue weighted by atomic mass is 19.1. The van der Waals surface area contributed by atoms with Crippen LogP contribution in [-0.4, -0.2) is 19.8 Å². The first kappa shape index (κ1) is 11.7. The Hall–Kier alpha value is -1.36. The Morgan fingerprint density at radius 1 is 1.40 bits per heavy atom. The minimum Gasteiger partial charge on any atom is -0.399 e. The molecule has 0 spiro atoms. The lowest BCUT2D eigenvalue weighted by Crippen LogP contribution is -2.19. The van der Waals surface area contributed by atoms with Gasteiger partial charge in [0.1, 0.15) is 5.69 Å². The average Bonchev–Trinajstić information content (AvgIpc) is 2.15. The number of nitrogens with two attached hydrogens (primary N) is 1. The summed E-state index contributed by atoms with van der Waals surface area (Å²) in [6, 6.07) is 2.14. The Morgan fingerprint density at radius 3 is 2.40 bits per heavy atom. The fourth-order valence-electron chi connectivity index (χ4n) is 1.09. The zero-order valence-electron chi connectivity index (χ0n) is 8.68. The lowest BCUT2D eigenvalue weighted by Gasteiger charge is -2.13. The van der Waals surface area contributed by atoms with Crippen LogP contribution in [0.3, 0.4) is 0 Å². The normalized spacial score (nSPS) is 12.5. The van der Waals surface area contributed by atoms with Crippen molar-refractivity contribution in [1.29, 1.82) is 0 Å². The Labute approximate surface area is 87.2 Å². The molecule has 1 unspecified atom stereocenters. The quantitative estimate of drug-likeness (QED) is 0.757. The number of benzene rings is 1. The predicted molar refractivity (Wildman–Crippen MR) is 55.7 cm³/mol. The van der Waals surface area contributed by atoms with E-state index in [9.17, 15) is 8.78 Å². The van der Waals surface area contributed by atoms with Crippen molar-refractivity contribution in [2.24, 2.45) is 0 Å². The largest absolute Gasteiger partial charge is 0.399 e. The maximum absolute atomic E-state index is 13.2. The van der Waals surface area contributed by atoms with Crippen molar-refractivity contribution < 1.29 is 13.5 Å². The first-order chi connectivity index (χ1) is 7.04. The number of ether oxygens (including phenoxy) is 1. The number of hydrogen-bond acceptors (Lipinski definition) is 3. The van der Waals surface area contributed by atoms with Crippen molar-refractivity contribution >= 4 is 11.4 Å². The van der Waals surface area contributed by atoms with Crippen molar-refractivity contribution in [3.05, 3.63) is 23.8 Å². The molecule has 0 saturated heterocycles. The minimum atomic E-state index is -0.698. The first-order valence-corrected chi connectivity index (χ1v) is 4.55. The van der Waals surface area contributed by atoms with Crippen LogP contribution in [0, 0.1) is 11.6 Å². The summed E-state index contributed by atoms with van der Waals surface area (Å²) in [5, 5.41) is 2.63. The molecule has 0 amide bonds. The van der Waals surface area contributed by atoms with Crippen LogP contribution in [0.15, 0.2) is 12.1 Å². The van der Waals surface area contributed by atoms with Crippen molar-refractivity contribution in [2.75, 3.05) is 24.7 Å². The molecule has 0 aliphatic rings. The highest BCUT2D eigenvalue weighted by Gasteiger charge is 2.10. The molecule has 0 aliphatic heterocycles. The Kier molecular flexibility index (Phi) is 3.85. The van der Waals surface area contributed by atoms with E-state index in [1.807, 2.05) is 0 Å². The molecule has 84 valence electrons. The summed E-state index contributed by atoms with van der Waals surface area (Å²) in [6.07, 6.45) is -0.124. The van der Waals surface area contributed by atoms with Gasteiger partial charge in [0.05, 0.1) is 6.10 Å². The fourth-order valence-corrected chi connectivity index (χ4v) is 1.09. The van der Waals surface area contributed by atoms with E-state index in [4.69, 9.17) is 10.5 Å². The van der Waals surface area contributed by atoms with Gasteiger partial charge in [-0.2, -0.15) is 0 Å². The van der Waals surface area contributed by atoms with Crippen LogP contribution >= 0.6 is 0 Å². The van der Waals surface area contributed by atoms with Gasteiger partial charge in [0, 0.05) is 19.3 Å². The molecule has 0 heterocycles. The van der Waals surface area contributed by atoms with Gasteiger partial charge < -0.3 is 15.8 Å². The van der Waals surface area contributed by atoms with E-state index in [1.54, 1.807) is 6.92 Å². The van der Waals surface area contributed by atoms with E-state index in [0.29, 0.717) is 6.54 Å². The molecule has 0 saturated carbocycles. The molecular weight excluding hydrogens is 202 g/mol. The maximum atomic E-state index is 13.2. The minimum absolute atomic E-state index is 0.0651. The molecule has 5 heteroatoms. The van der Waals surface area contributed by atoms with Gasteiger partial charge in [0.15, 0.2) is 11.6 Å². The van der Waals surface area contributed by atoms with Crippen molar-refractivity contribution in [1.82, 2.24) is 0 Å². The molecular formula is C10H14F2N2O. The van der Waals surface area contributed by atoms with Gasteiger partial charge in [-0.3, -0.25) is 0 Å². The number of rotatable bonds is 4. The van der Waals surface area contributed by atoms with Gasteiger partial charge in [0.25, 0.3) is 0 Å². The Bertz CT molecular complexity index is 321. The van der Waals surface area contributed by atoms with Crippen LogP contribution in [0.4, 0.5) is 20.2 Å². The molecule has 3 N–H and O–H groups in total. The highest BCUT2D eigenvalue weighted by molar-refractivity contribution is 5.54. The molecule has 1 aromatic rings. The summed E-state index contributed by atoms with van der Waals surface area (Å²) in [5.41, 5.74) is 5.17. The number of nitrogens with one attached hydrogen (secondary N) is 1. The van der Waals surface area contributed by atoms with Gasteiger partial charge in [-0.05, 0) is 19.1 Å². The molecule has 1 aromatic carbocycles. The summed E-state index contributed by atoms with van der Waals surface area (Å²) in [4.78, 5) is 0. The lowest BCUT2D eigenvalue weighted by molar-refractivity contribution is 0.128. The van der Waals surface area contributed by atoms with Gasteiger partial charge >= 0.3 is 0 Å². The summed E-state index contributed by atoms with van der Waals surface area (Å²) >= 11 is 0. The topological polar surface area (TPSA) is 47.3 Å². The number of nitrogen functional groups attached to an aromatic ring is 1. The van der Waals surface area contributed by atoms with E-state index < -0.39 is 11.6 Å². The van der Waals surface area contributed by atoms with E-state index in [2.05, 4.69) is 5.32 Å². The maximum Gasteiger partial charge on any atom is 0.151 e. The summed E-state index contributed by atoms with van der Waals surface area (Å²) in [5.74, 6) is -1.40. The SMILES string of the molecule is COC(C)CNc1c(F)cc(N)cc1F. The summed E-state index contributed by atoms with van der Waals surface area (Å²) < 4.78 is 31.4. The third-order valence-electron chi connectivity index (χ3n) is 2.03. The number of anilines is 2. The molecule has 15 heavy (non-hydrogen) atoms. The molecule has 0 aromatic heterocycles. The van der Waals surface area contributed by atoms with E-state index in [1.165, 1.54) is 7.11 Å². The number of methoxy groups -OCH3 is 1. The van der Waals surface area contributed by atoms with Crippen LogP contribution in [-0.2, 0) is 4.74 Å². The van der Waals surface area contributed by atoms with Crippen molar-refractivity contribution in [3.63, 3.8) is 0 Å². The summed E-state index contributed by atoms with van der Waals surface area (Å²) in [6.45, 7) is 2.12. The smallest absolute Gasteiger partial charge is 0.151 e. The van der Waals surface area contributed by atoms with Gasteiger partial charge in [-0.15, -0.1) is 0 Å². The monoisotopic (exact) mass is 216 g/mol. The average molecular weight is 216 g/mol. The molecule has 1 atom stereocenters. The van der Waals surface area contributed by atoms with Crippen molar-refractivity contribution in [3.8, 4) is 0 Å². The fraction of sp³-hybridized carbons (Fsp3) is 0.400. The van der Waals surface area contributed by atoms with Crippen LogP contribution in [0.25, 0.3) is 0 Å². The second-order valence-corrected chi connectivity index (χ2v) is 3.29. The molecule has 3 nitrogen and oxygen atoms in total. The van der Waals surface area contributed by atoms with Crippen LogP contribution in [0.1, 0.15) is 6.92 Å². The highest BCUT2D eigenvalue weighted by Crippen LogP contribution is 2.21. The third kappa shape index (κ3) is 3.06. The second-order valence-electron chi connectivity index (χ2n) is 3.29. The number of halogens is 2. The van der Waals surface area contributed by atoms with Gasteiger partial charge in [-0.25, -0.2) is 8.78 Å². The predicted octanol–water partition coefficient (Wildman–Crippen LogP) is 1.99. The van der Waals surface area contributed by atoms with Gasteiger partial charge in [-0.1, -0.05) is 0 Å². The third-order valence-corrected chi connectivity index (χ3v) is 2.03. The molecule has 0 fully saturated rings. The van der Waals surface area contributed by atoms with Crippen molar-refractivity contribution in [2.45, 2.75) is 13.0 Å². The zero-order valence-corrected chi connectivity index (χ0v) is 8.68. The molecule has 1 rings (SSSR count). The summed E-state index contributed by atoms with van der Waals surface area (Å²) in [7, 11) is 1.53.